The Balaban J connectivity index is 1.82. The van der Waals surface area contributed by atoms with E-state index in [9.17, 15) is 13.2 Å². The molecule has 0 aliphatic carbocycles. The van der Waals surface area contributed by atoms with Crippen molar-refractivity contribution in [2.45, 2.75) is 46.7 Å². The van der Waals surface area contributed by atoms with Crippen LogP contribution in [-0.2, 0) is 14.6 Å². The molecule has 6 nitrogen and oxygen atoms in total. The molecule has 2 rings (SSSR count). The lowest BCUT2D eigenvalue weighted by Crippen LogP contribution is -2.39. The van der Waals surface area contributed by atoms with E-state index in [0.717, 1.165) is 20.9 Å². The van der Waals surface area contributed by atoms with E-state index in [1.165, 1.54) is 23.1 Å². The van der Waals surface area contributed by atoms with Gasteiger partial charge in [0.1, 0.15) is 0 Å². The highest BCUT2D eigenvalue weighted by atomic mass is 32.2. The molecule has 1 aromatic rings. The summed E-state index contributed by atoms with van der Waals surface area (Å²) >= 11 is 4.52. The van der Waals surface area contributed by atoms with Crippen LogP contribution in [-0.4, -0.2) is 53.1 Å². The first kappa shape index (κ1) is 18.0. The molecule has 1 amide bonds. The van der Waals surface area contributed by atoms with Crippen molar-refractivity contribution in [3.05, 3.63) is 0 Å². The second-order valence-electron chi connectivity index (χ2n) is 5.05. The summed E-state index contributed by atoms with van der Waals surface area (Å²) in [5.41, 5.74) is 0. The normalized spacial score (nSPS) is 21.6. The Morgan fingerprint density at radius 2 is 2.18 bits per heavy atom. The molecular formula is C12H19N3O3S4. The van der Waals surface area contributed by atoms with Crippen LogP contribution in [0, 0.1) is 0 Å². The van der Waals surface area contributed by atoms with Gasteiger partial charge in [-0.05, 0) is 19.8 Å². The maximum absolute atomic E-state index is 12.1. The molecule has 1 aliphatic rings. The third-order valence-corrected chi connectivity index (χ3v) is 8.26. The van der Waals surface area contributed by atoms with Gasteiger partial charge in [0.2, 0.25) is 5.91 Å². The summed E-state index contributed by atoms with van der Waals surface area (Å²) in [5, 5.41) is 10.7. The fourth-order valence-electron chi connectivity index (χ4n) is 1.92. The minimum Gasteiger partial charge on any atom is -0.351 e. The lowest BCUT2D eigenvalue weighted by atomic mass is 10.2. The molecule has 1 aliphatic heterocycles. The van der Waals surface area contributed by atoms with Gasteiger partial charge in [-0.25, -0.2) is 8.42 Å². The second-order valence-corrected chi connectivity index (χ2v) is 11.2. The van der Waals surface area contributed by atoms with Crippen molar-refractivity contribution >= 4 is 50.6 Å². The van der Waals surface area contributed by atoms with Crippen LogP contribution in [0.15, 0.2) is 8.68 Å². The smallest absolute Gasteiger partial charge is 0.233 e. The number of carbonyl (C=O) groups excluding carboxylic acids is 1. The Kier molecular flexibility index (Phi) is 6.54. The predicted molar refractivity (Wildman–Crippen MR) is 91.4 cm³/mol. The highest BCUT2D eigenvalue weighted by molar-refractivity contribution is 8.03. The summed E-state index contributed by atoms with van der Waals surface area (Å²) in [6.45, 7) is 3.91. The van der Waals surface area contributed by atoms with Crippen molar-refractivity contribution in [3.63, 3.8) is 0 Å². The molecule has 0 unspecified atom stereocenters. The molecular weight excluding hydrogens is 362 g/mol. The summed E-state index contributed by atoms with van der Waals surface area (Å²) in [7, 11) is -2.98. The SMILES string of the molecule is CCCSc1nnc(S[C@H](C)C(=O)N[C@H]2CCS(=O)(=O)C2)s1. The Labute approximate surface area is 143 Å². The zero-order valence-corrected chi connectivity index (χ0v) is 15.7. The number of hydrogen-bond donors (Lipinski definition) is 1. The van der Waals surface area contributed by atoms with Gasteiger partial charge in [-0.1, -0.05) is 41.8 Å². The van der Waals surface area contributed by atoms with E-state index in [4.69, 9.17) is 0 Å². The van der Waals surface area contributed by atoms with Crippen molar-refractivity contribution in [1.29, 1.82) is 0 Å². The average Bonchev–Trinajstić information content (AvgIpc) is 3.03. The number of aromatic nitrogens is 2. The molecule has 1 aromatic heterocycles. The number of carbonyl (C=O) groups is 1. The van der Waals surface area contributed by atoms with Gasteiger partial charge in [-0.15, -0.1) is 10.2 Å². The Hall–Kier alpha value is -0.320. The van der Waals surface area contributed by atoms with Crippen molar-refractivity contribution in [2.75, 3.05) is 17.3 Å². The number of amides is 1. The molecule has 22 heavy (non-hydrogen) atoms. The van der Waals surface area contributed by atoms with E-state index in [1.807, 2.05) is 0 Å². The minimum atomic E-state index is -2.98. The Morgan fingerprint density at radius 3 is 2.82 bits per heavy atom. The summed E-state index contributed by atoms with van der Waals surface area (Å²) < 4.78 is 24.5. The van der Waals surface area contributed by atoms with Crippen LogP contribution in [0.3, 0.4) is 0 Å². The quantitative estimate of drug-likeness (QED) is 0.721. The molecule has 10 heteroatoms. The first-order valence-corrected chi connectivity index (χ1v) is 11.5. The molecule has 1 saturated heterocycles. The van der Waals surface area contributed by atoms with E-state index >= 15 is 0 Å². The third-order valence-electron chi connectivity index (χ3n) is 3.04. The lowest BCUT2D eigenvalue weighted by Gasteiger charge is -2.14. The minimum absolute atomic E-state index is 0.0484. The van der Waals surface area contributed by atoms with E-state index in [-0.39, 0.29) is 28.7 Å². The molecule has 0 bridgehead atoms. The van der Waals surface area contributed by atoms with Gasteiger partial charge in [-0.2, -0.15) is 0 Å². The van der Waals surface area contributed by atoms with Crippen molar-refractivity contribution in [2.24, 2.45) is 0 Å². The first-order valence-electron chi connectivity index (χ1n) is 7.03. The third kappa shape index (κ3) is 5.39. The van der Waals surface area contributed by atoms with Crippen LogP contribution in [0.4, 0.5) is 0 Å². The van der Waals surface area contributed by atoms with Gasteiger partial charge in [0, 0.05) is 11.8 Å². The number of nitrogens with zero attached hydrogens (tertiary/aromatic N) is 2. The molecule has 1 N–H and O–H groups in total. The number of thioether (sulfide) groups is 2. The fourth-order valence-corrected chi connectivity index (χ4v) is 6.70. The van der Waals surface area contributed by atoms with Crippen molar-refractivity contribution < 1.29 is 13.2 Å². The highest BCUT2D eigenvalue weighted by Crippen LogP contribution is 2.31. The number of rotatable bonds is 7. The monoisotopic (exact) mass is 381 g/mol. The Morgan fingerprint density at radius 1 is 1.45 bits per heavy atom. The zero-order valence-electron chi connectivity index (χ0n) is 12.4. The standard InChI is InChI=1S/C12H19N3O3S4/c1-3-5-19-11-14-15-12(21-11)20-8(2)10(16)13-9-4-6-22(17,18)7-9/h8-9H,3-7H2,1-2H3,(H,13,16)/t8-,9+/m1/s1. The molecule has 0 radical (unpaired) electrons. The van der Waals surface area contributed by atoms with Gasteiger partial charge < -0.3 is 5.32 Å². The topological polar surface area (TPSA) is 89.0 Å². The first-order chi connectivity index (χ1) is 10.4. The molecule has 0 saturated carbocycles. The van der Waals surface area contributed by atoms with Crippen molar-refractivity contribution in [3.8, 4) is 0 Å². The van der Waals surface area contributed by atoms with Crippen molar-refractivity contribution in [1.82, 2.24) is 15.5 Å². The van der Waals surface area contributed by atoms with Crippen LogP contribution in [0.2, 0.25) is 0 Å². The van der Waals surface area contributed by atoms with Crippen LogP contribution < -0.4 is 5.32 Å². The number of sulfone groups is 1. The highest BCUT2D eigenvalue weighted by Gasteiger charge is 2.30. The van der Waals surface area contributed by atoms with Gasteiger partial charge in [-0.3, -0.25) is 4.79 Å². The van der Waals surface area contributed by atoms with E-state index < -0.39 is 9.84 Å². The zero-order chi connectivity index (χ0) is 16.2. The van der Waals surface area contributed by atoms with Crippen LogP contribution in [0.25, 0.3) is 0 Å². The van der Waals surface area contributed by atoms with Gasteiger partial charge in [0.15, 0.2) is 18.5 Å². The maximum Gasteiger partial charge on any atom is 0.233 e. The summed E-state index contributed by atoms with van der Waals surface area (Å²) in [6.07, 6.45) is 1.58. The molecule has 0 aromatic carbocycles. The second kappa shape index (κ2) is 7.98. The van der Waals surface area contributed by atoms with Crippen LogP contribution in [0.5, 0.6) is 0 Å². The number of hydrogen-bond acceptors (Lipinski definition) is 8. The van der Waals surface area contributed by atoms with Gasteiger partial charge in [0.25, 0.3) is 0 Å². The summed E-state index contributed by atoms with van der Waals surface area (Å²) in [6, 6.07) is -0.259. The van der Waals surface area contributed by atoms with Gasteiger partial charge in [0.05, 0.1) is 16.8 Å². The molecule has 2 atom stereocenters. The molecule has 2 heterocycles. The lowest BCUT2D eigenvalue weighted by molar-refractivity contribution is -0.120. The maximum atomic E-state index is 12.1. The van der Waals surface area contributed by atoms with E-state index in [1.54, 1.807) is 18.7 Å². The predicted octanol–water partition coefficient (Wildman–Crippen LogP) is 1.82. The van der Waals surface area contributed by atoms with Crippen LogP contribution in [0.1, 0.15) is 26.7 Å². The summed E-state index contributed by atoms with van der Waals surface area (Å²) in [4.78, 5) is 12.1. The molecule has 0 spiro atoms. The van der Waals surface area contributed by atoms with Crippen LogP contribution >= 0.6 is 34.9 Å². The Bertz CT molecular complexity index is 617. The van der Waals surface area contributed by atoms with E-state index in [0.29, 0.717) is 6.42 Å². The average molecular weight is 382 g/mol. The molecule has 124 valence electrons. The summed E-state index contributed by atoms with van der Waals surface area (Å²) in [5.74, 6) is 1.07. The fraction of sp³-hybridized carbons (Fsp3) is 0.750. The van der Waals surface area contributed by atoms with Gasteiger partial charge >= 0.3 is 0 Å². The number of nitrogens with one attached hydrogen (secondary N) is 1. The molecule has 1 fully saturated rings. The largest absolute Gasteiger partial charge is 0.351 e. The van der Waals surface area contributed by atoms with E-state index in [2.05, 4.69) is 22.4 Å².